The number of hydrogen-bond acceptors (Lipinski definition) is 5. The highest BCUT2D eigenvalue weighted by molar-refractivity contribution is 9.10. The van der Waals surface area contributed by atoms with Crippen molar-refractivity contribution in [2.75, 3.05) is 17.7 Å². The molecule has 0 radical (unpaired) electrons. The zero-order valence-electron chi connectivity index (χ0n) is 12.9. The van der Waals surface area contributed by atoms with Gasteiger partial charge in [0.25, 0.3) is 0 Å². The average molecular weight is 407 g/mol. The number of nitrogens with one attached hydrogen (secondary N) is 2. The fourth-order valence-corrected chi connectivity index (χ4v) is 2.97. The van der Waals surface area contributed by atoms with Crippen LogP contribution in [0.4, 0.5) is 5.82 Å². The quantitative estimate of drug-likeness (QED) is 0.607. The number of thioether (sulfide) groups is 1. The van der Waals surface area contributed by atoms with Gasteiger partial charge in [0.1, 0.15) is 11.6 Å². The van der Waals surface area contributed by atoms with Crippen molar-refractivity contribution in [2.45, 2.75) is 12.1 Å². The molecule has 0 aliphatic rings. The molecule has 0 aliphatic heterocycles. The van der Waals surface area contributed by atoms with Gasteiger partial charge in [-0.25, -0.2) is 9.97 Å². The van der Waals surface area contributed by atoms with Crippen molar-refractivity contribution in [1.82, 2.24) is 15.0 Å². The molecule has 0 aliphatic carbocycles. The number of H-pyrrole nitrogens is 1. The Morgan fingerprint density at radius 1 is 1.38 bits per heavy atom. The number of carbonyl (C=O) groups excluding carboxylic acids is 1. The number of anilines is 1. The van der Waals surface area contributed by atoms with Crippen LogP contribution in [0.15, 0.2) is 46.2 Å². The first-order valence-electron chi connectivity index (χ1n) is 7.31. The van der Waals surface area contributed by atoms with Crippen LogP contribution in [0.1, 0.15) is 6.92 Å². The maximum Gasteiger partial charge on any atom is 0.236 e. The zero-order valence-corrected chi connectivity index (χ0v) is 15.3. The van der Waals surface area contributed by atoms with Crippen molar-refractivity contribution in [3.8, 4) is 5.75 Å². The van der Waals surface area contributed by atoms with Crippen LogP contribution in [-0.4, -0.2) is 33.2 Å². The number of nitrogens with zero attached hydrogens (tertiary/aromatic N) is 2. The molecule has 1 aromatic carbocycles. The van der Waals surface area contributed by atoms with Gasteiger partial charge in [0.15, 0.2) is 5.16 Å². The number of aromatic nitrogens is 3. The van der Waals surface area contributed by atoms with Gasteiger partial charge in [-0.05, 0) is 47.1 Å². The molecule has 6 nitrogen and oxygen atoms in total. The molecule has 124 valence electrons. The van der Waals surface area contributed by atoms with E-state index >= 15 is 0 Å². The Morgan fingerprint density at radius 3 is 3.00 bits per heavy atom. The Labute approximate surface area is 151 Å². The number of ether oxygens (including phenoxy) is 1. The Kier molecular flexibility index (Phi) is 5.37. The second kappa shape index (κ2) is 7.67. The first-order valence-corrected chi connectivity index (χ1v) is 9.08. The monoisotopic (exact) mass is 406 g/mol. The summed E-state index contributed by atoms with van der Waals surface area (Å²) in [7, 11) is 0. The molecule has 8 heteroatoms. The van der Waals surface area contributed by atoms with Crippen molar-refractivity contribution in [1.29, 1.82) is 0 Å². The first kappa shape index (κ1) is 16.8. The summed E-state index contributed by atoms with van der Waals surface area (Å²) >= 11 is 4.64. The van der Waals surface area contributed by atoms with Gasteiger partial charge in [-0.1, -0.05) is 11.8 Å². The Hall–Kier alpha value is -2.06. The Balaban J connectivity index is 1.60. The van der Waals surface area contributed by atoms with E-state index in [1.165, 1.54) is 11.8 Å². The third kappa shape index (κ3) is 4.27. The van der Waals surface area contributed by atoms with Gasteiger partial charge in [0.2, 0.25) is 5.91 Å². The highest BCUT2D eigenvalue weighted by Crippen LogP contribution is 2.23. The maximum absolute atomic E-state index is 12.0. The number of benzene rings is 1. The molecule has 2 N–H and O–H groups in total. The molecule has 0 atom stereocenters. The lowest BCUT2D eigenvalue weighted by atomic mass is 10.3. The molecule has 1 amide bonds. The SMILES string of the molecule is CCOc1ccc2nc(SCC(=O)Nc3ccc(Br)cn3)[nH]c2c1. The number of halogens is 1. The molecule has 2 aromatic heterocycles. The zero-order chi connectivity index (χ0) is 16.9. The summed E-state index contributed by atoms with van der Waals surface area (Å²) in [5.74, 6) is 1.43. The number of rotatable bonds is 6. The van der Waals surface area contributed by atoms with Gasteiger partial charge >= 0.3 is 0 Å². The van der Waals surface area contributed by atoms with Crippen LogP contribution in [-0.2, 0) is 4.79 Å². The lowest BCUT2D eigenvalue weighted by molar-refractivity contribution is -0.113. The molecule has 0 spiro atoms. The molecule has 0 bridgehead atoms. The number of hydrogen-bond donors (Lipinski definition) is 2. The maximum atomic E-state index is 12.0. The van der Waals surface area contributed by atoms with E-state index in [9.17, 15) is 4.79 Å². The van der Waals surface area contributed by atoms with E-state index in [4.69, 9.17) is 4.74 Å². The minimum absolute atomic E-state index is 0.134. The summed E-state index contributed by atoms with van der Waals surface area (Å²) in [4.78, 5) is 23.7. The molecular formula is C16H15BrN4O2S. The molecule has 0 unspecified atom stereocenters. The fraction of sp³-hybridized carbons (Fsp3) is 0.188. The number of imidazole rings is 1. The molecule has 3 aromatic rings. The molecule has 0 fully saturated rings. The second-order valence-electron chi connectivity index (χ2n) is 4.85. The van der Waals surface area contributed by atoms with Crippen LogP contribution in [0.3, 0.4) is 0 Å². The number of carbonyl (C=O) groups is 1. The van der Waals surface area contributed by atoms with Crippen molar-refractivity contribution < 1.29 is 9.53 Å². The topological polar surface area (TPSA) is 79.9 Å². The van der Waals surface area contributed by atoms with E-state index in [2.05, 4.69) is 36.2 Å². The van der Waals surface area contributed by atoms with Crippen molar-refractivity contribution in [3.05, 3.63) is 41.0 Å². The first-order chi connectivity index (χ1) is 11.6. The van der Waals surface area contributed by atoms with Crippen molar-refractivity contribution in [2.24, 2.45) is 0 Å². The standard InChI is InChI=1S/C16H15BrN4O2S/c1-2-23-11-4-5-12-13(7-11)20-16(19-12)24-9-15(22)21-14-6-3-10(17)8-18-14/h3-8H,2,9H2,1H3,(H,19,20)(H,18,21,22). The summed E-state index contributed by atoms with van der Waals surface area (Å²) < 4.78 is 6.33. The molecule has 0 saturated heterocycles. The van der Waals surface area contributed by atoms with Crippen LogP contribution in [0.5, 0.6) is 5.75 Å². The van der Waals surface area contributed by atoms with Gasteiger partial charge in [-0.15, -0.1) is 0 Å². The van der Waals surface area contributed by atoms with E-state index in [0.29, 0.717) is 17.6 Å². The van der Waals surface area contributed by atoms with Crippen LogP contribution >= 0.6 is 27.7 Å². The highest BCUT2D eigenvalue weighted by atomic mass is 79.9. The summed E-state index contributed by atoms with van der Waals surface area (Å²) in [5, 5.41) is 3.44. The summed E-state index contributed by atoms with van der Waals surface area (Å²) in [6.07, 6.45) is 1.64. The average Bonchev–Trinajstić information content (AvgIpc) is 2.98. The molecule has 24 heavy (non-hydrogen) atoms. The molecular weight excluding hydrogens is 392 g/mol. The van der Waals surface area contributed by atoms with Crippen molar-refractivity contribution >= 4 is 50.5 Å². The molecule has 2 heterocycles. The van der Waals surface area contributed by atoms with Crippen molar-refractivity contribution in [3.63, 3.8) is 0 Å². The largest absolute Gasteiger partial charge is 0.494 e. The summed E-state index contributed by atoms with van der Waals surface area (Å²) in [6.45, 7) is 2.56. The minimum atomic E-state index is -0.134. The number of pyridine rings is 1. The van der Waals surface area contributed by atoms with Crippen LogP contribution in [0.25, 0.3) is 11.0 Å². The Bertz CT molecular complexity index is 851. The minimum Gasteiger partial charge on any atom is -0.494 e. The normalized spacial score (nSPS) is 10.8. The third-order valence-corrected chi connectivity index (χ3v) is 4.42. The second-order valence-corrected chi connectivity index (χ2v) is 6.73. The van der Waals surface area contributed by atoms with E-state index in [1.54, 1.807) is 12.3 Å². The van der Waals surface area contributed by atoms with E-state index in [-0.39, 0.29) is 11.7 Å². The van der Waals surface area contributed by atoms with Gasteiger partial charge in [0, 0.05) is 16.7 Å². The van der Waals surface area contributed by atoms with Gasteiger partial charge in [-0.3, -0.25) is 4.79 Å². The van der Waals surface area contributed by atoms with E-state index in [1.807, 2.05) is 31.2 Å². The molecule has 0 saturated carbocycles. The third-order valence-electron chi connectivity index (χ3n) is 3.08. The number of aromatic amines is 1. The van der Waals surface area contributed by atoms with Gasteiger partial charge in [-0.2, -0.15) is 0 Å². The fourth-order valence-electron chi connectivity index (χ4n) is 2.05. The summed E-state index contributed by atoms with van der Waals surface area (Å²) in [5.41, 5.74) is 1.73. The van der Waals surface area contributed by atoms with Crippen LogP contribution in [0.2, 0.25) is 0 Å². The van der Waals surface area contributed by atoms with Crippen LogP contribution in [0, 0.1) is 0 Å². The van der Waals surface area contributed by atoms with E-state index in [0.717, 1.165) is 21.3 Å². The van der Waals surface area contributed by atoms with Crippen LogP contribution < -0.4 is 10.1 Å². The smallest absolute Gasteiger partial charge is 0.236 e. The number of fused-ring (bicyclic) bond motifs is 1. The lowest BCUT2D eigenvalue weighted by Crippen LogP contribution is -2.14. The predicted octanol–water partition coefficient (Wildman–Crippen LogP) is 3.85. The lowest BCUT2D eigenvalue weighted by Gasteiger charge is -2.03. The predicted molar refractivity (Wildman–Crippen MR) is 98.6 cm³/mol. The number of amides is 1. The Morgan fingerprint density at radius 2 is 2.25 bits per heavy atom. The molecule has 3 rings (SSSR count). The highest BCUT2D eigenvalue weighted by Gasteiger charge is 2.09. The van der Waals surface area contributed by atoms with Gasteiger partial charge in [0.05, 0.1) is 23.4 Å². The van der Waals surface area contributed by atoms with Gasteiger partial charge < -0.3 is 15.0 Å². The van der Waals surface area contributed by atoms with E-state index < -0.39 is 0 Å². The summed E-state index contributed by atoms with van der Waals surface area (Å²) in [6, 6.07) is 9.25.